The van der Waals surface area contributed by atoms with Crippen LogP contribution in [0.2, 0.25) is 0 Å². The van der Waals surface area contributed by atoms with Crippen molar-refractivity contribution in [3.63, 3.8) is 0 Å². The summed E-state index contributed by atoms with van der Waals surface area (Å²) in [6, 6.07) is 62.3. The molecule has 0 heterocycles. The van der Waals surface area contributed by atoms with Crippen LogP contribution in [0.25, 0.3) is 44.5 Å². The summed E-state index contributed by atoms with van der Waals surface area (Å²) in [6.07, 6.45) is 0. The Morgan fingerprint density at radius 3 is 1.00 bits per heavy atom. The van der Waals surface area contributed by atoms with Crippen molar-refractivity contribution in [1.82, 2.24) is 0 Å². The second-order valence-electron chi connectivity index (χ2n) is 10.6. The smallest absolute Gasteiger partial charge is 0.131 e. The minimum absolute atomic E-state index is 0.720. The first-order valence-corrected chi connectivity index (χ1v) is 14.7. The second-order valence-corrected chi connectivity index (χ2v) is 10.6. The Bertz CT molecular complexity index is 2010. The van der Waals surface area contributed by atoms with Gasteiger partial charge < -0.3 is 9.47 Å². The van der Waals surface area contributed by atoms with Gasteiger partial charge in [0.25, 0.3) is 0 Å². The van der Waals surface area contributed by atoms with Gasteiger partial charge in [0.2, 0.25) is 0 Å². The zero-order valence-electron chi connectivity index (χ0n) is 24.1. The van der Waals surface area contributed by atoms with Gasteiger partial charge in [-0.2, -0.15) is 0 Å². The topological polar surface area (TPSA) is 18.5 Å². The van der Waals surface area contributed by atoms with E-state index in [0.29, 0.717) is 0 Å². The van der Waals surface area contributed by atoms with E-state index in [-0.39, 0.29) is 0 Å². The van der Waals surface area contributed by atoms with E-state index >= 15 is 0 Å². The maximum atomic E-state index is 6.26. The minimum atomic E-state index is 0.720. The molecule has 0 aromatic heterocycles. The molecule has 44 heavy (non-hydrogen) atoms. The van der Waals surface area contributed by atoms with Gasteiger partial charge in [0.05, 0.1) is 0 Å². The summed E-state index contributed by atoms with van der Waals surface area (Å²) in [4.78, 5) is 0. The van der Waals surface area contributed by atoms with Gasteiger partial charge in [0.15, 0.2) is 0 Å². The Morgan fingerprint density at radius 1 is 0.205 bits per heavy atom. The van der Waals surface area contributed by atoms with Crippen molar-refractivity contribution in [3.05, 3.63) is 182 Å². The molecule has 2 nitrogen and oxygen atoms in total. The molecular formula is C42H30O2. The van der Waals surface area contributed by atoms with Crippen LogP contribution in [0.5, 0.6) is 23.0 Å². The van der Waals surface area contributed by atoms with E-state index in [1.807, 2.05) is 66.7 Å². The largest absolute Gasteiger partial charge is 0.457 e. The summed E-state index contributed by atoms with van der Waals surface area (Å²) in [5.74, 6) is 3.01. The van der Waals surface area contributed by atoms with Crippen molar-refractivity contribution >= 4 is 0 Å². The highest BCUT2D eigenvalue weighted by Crippen LogP contribution is 2.34. The molecule has 0 saturated carbocycles. The molecule has 7 aromatic rings. The lowest BCUT2D eigenvalue weighted by Crippen LogP contribution is -1.88. The van der Waals surface area contributed by atoms with Gasteiger partial charge in [-0.25, -0.2) is 0 Å². The third-order valence-corrected chi connectivity index (χ3v) is 7.55. The average Bonchev–Trinajstić information content (AvgIpc) is 3.10. The third kappa shape index (κ3) is 6.30. The fraction of sp³-hybridized carbons (Fsp3) is 0. The van der Waals surface area contributed by atoms with Gasteiger partial charge >= 0.3 is 0 Å². The van der Waals surface area contributed by atoms with E-state index in [1.54, 1.807) is 0 Å². The lowest BCUT2D eigenvalue weighted by molar-refractivity contribution is 0.460. The van der Waals surface area contributed by atoms with Crippen molar-refractivity contribution in [1.29, 1.82) is 0 Å². The van der Waals surface area contributed by atoms with Gasteiger partial charge in [-0.15, -0.1) is 0 Å². The van der Waals surface area contributed by atoms with Crippen molar-refractivity contribution in [2.45, 2.75) is 0 Å². The molecule has 7 rings (SSSR count). The highest BCUT2D eigenvalue weighted by Gasteiger charge is 2.08. The third-order valence-electron chi connectivity index (χ3n) is 7.55. The Hall–Kier alpha value is -5.86. The summed E-state index contributed by atoms with van der Waals surface area (Å²) >= 11 is 0. The van der Waals surface area contributed by atoms with E-state index in [0.717, 1.165) is 34.1 Å². The highest BCUT2D eigenvalue weighted by atomic mass is 16.5. The predicted molar refractivity (Wildman–Crippen MR) is 181 cm³/mol. The zero-order valence-corrected chi connectivity index (χ0v) is 24.1. The molecule has 0 amide bonds. The van der Waals surface area contributed by atoms with E-state index < -0.39 is 0 Å². The monoisotopic (exact) mass is 566 g/mol. The van der Waals surface area contributed by atoms with Crippen LogP contribution in [-0.4, -0.2) is 0 Å². The number of ether oxygens (including phenoxy) is 2. The Morgan fingerprint density at radius 2 is 0.500 bits per heavy atom. The number of benzene rings is 7. The fourth-order valence-electron chi connectivity index (χ4n) is 5.37. The SMILES string of the molecule is c1ccc(Oc2cccc(Oc3cccc(-c4cccc(-c5cccc(-c6cccc(-c7ccccc7)c6)c5)c4)c3)c2)cc1. The maximum Gasteiger partial charge on any atom is 0.131 e. The summed E-state index contributed by atoms with van der Waals surface area (Å²) in [5, 5.41) is 0. The predicted octanol–water partition coefficient (Wildman–Crippen LogP) is 11.9. The summed E-state index contributed by atoms with van der Waals surface area (Å²) in [5.41, 5.74) is 9.40. The molecule has 0 unspecified atom stereocenters. The molecule has 0 fully saturated rings. The Labute approximate surface area is 258 Å². The van der Waals surface area contributed by atoms with Crippen LogP contribution < -0.4 is 9.47 Å². The van der Waals surface area contributed by atoms with Crippen LogP contribution in [-0.2, 0) is 0 Å². The molecule has 2 heteroatoms. The minimum Gasteiger partial charge on any atom is -0.457 e. The van der Waals surface area contributed by atoms with Crippen LogP contribution in [0, 0.1) is 0 Å². The maximum absolute atomic E-state index is 6.26. The number of para-hydroxylation sites is 1. The molecule has 0 bridgehead atoms. The molecule has 210 valence electrons. The van der Waals surface area contributed by atoms with Crippen molar-refractivity contribution in [3.8, 4) is 67.5 Å². The molecule has 0 saturated heterocycles. The van der Waals surface area contributed by atoms with E-state index in [2.05, 4.69) is 115 Å². The fourth-order valence-corrected chi connectivity index (χ4v) is 5.37. The van der Waals surface area contributed by atoms with Crippen LogP contribution in [0.4, 0.5) is 0 Å². The van der Waals surface area contributed by atoms with Crippen LogP contribution in [0.15, 0.2) is 182 Å². The Kier molecular flexibility index (Phi) is 7.71. The first-order chi connectivity index (χ1) is 21.8. The number of hydrogen-bond acceptors (Lipinski definition) is 2. The van der Waals surface area contributed by atoms with E-state index in [9.17, 15) is 0 Å². The van der Waals surface area contributed by atoms with Crippen molar-refractivity contribution in [2.75, 3.05) is 0 Å². The lowest BCUT2D eigenvalue weighted by Gasteiger charge is -2.12. The summed E-state index contributed by atoms with van der Waals surface area (Å²) in [7, 11) is 0. The summed E-state index contributed by atoms with van der Waals surface area (Å²) in [6.45, 7) is 0. The second kappa shape index (κ2) is 12.6. The number of rotatable bonds is 8. The van der Waals surface area contributed by atoms with Gasteiger partial charge in [0, 0.05) is 6.07 Å². The molecule has 0 aliphatic heterocycles. The molecule has 0 N–H and O–H groups in total. The normalized spacial score (nSPS) is 10.7. The first kappa shape index (κ1) is 27.0. The molecule has 0 aliphatic carbocycles. The average molecular weight is 567 g/mol. The van der Waals surface area contributed by atoms with Crippen LogP contribution in [0.1, 0.15) is 0 Å². The molecule has 7 aromatic carbocycles. The lowest BCUT2D eigenvalue weighted by atomic mass is 9.95. The van der Waals surface area contributed by atoms with E-state index in [1.165, 1.54) is 33.4 Å². The Balaban J connectivity index is 1.12. The van der Waals surface area contributed by atoms with Crippen LogP contribution >= 0.6 is 0 Å². The zero-order chi connectivity index (χ0) is 29.6. The standard InChI is InChI=1S/C42H30O2/c1-3-12-31(13-4-1)32-14-7-15-33(26-32)34-16-8-17-35(27-34)36-18-9-19-37(28-36)38-20-10-23-40(29-38)44-42-25-11-24-41(30-42)43-39-21-5-2-6-22-39/h1-30H. The first-order valence-electron chi connectivity index (χ1n) is 14.7. The molecule has 0 radical (unpaired) electrons. The summed E-state index contributed by atoms with van der Waals surface area (Å²) < 4.78 is 12.2. The quantitative estimate of drug-likeness (QED) is 0.182. The van der Waals surface area contributed by atoms with E-state index in [4.69, 9.17) is 9.47 Å². The molecular weight excluding hydrogens is 536 g/mol. The van der Waals surface area contributed by atoms with Gasteiger partial charge in [-0.1, -0.05) is 121 Å². The van der Waals surface area contributed by atoms with Crippen molar-refractivity contribution < 1.29 is 9.47 Å². The van der Waals surface area contributed by atoms with Crippen molar-refractivity contribution in [2.24, 2.45) is 0 Å². The molecule has 0 aliphatic rings. The highest BCUT2D eigenvalue weighted by molar-refractivity contribution is 5.79. The molecule has 0 spiro atoms. The van der Waals surface area contributed by atoms with Gasteiger partial charge in [0.1, 0.15) is 23.0 Å². The van der Waals surface area contributed by atoms with Crippen LogP contribution in [0.3, 0.4) is 0 Å². The molecule has 0 atom stereocenters. The number of hydrogen-bond donors (Lipinski definition) is 0. The van der Waals surface area contributed by atoms with Gasteiger partial charge in [-0.05, 0) is 99.1 Å². The van der Waals surface area contributed by atoms with Gasteiger partial charge in [-0.3, -0.25) is 0 Å².